The van der Waals surface area contributed by atoms with Gasteiger partial charge in [0.2, 0.25) is 5.89 Å². The van der Waals surface area contributed by atoms with Crippen molar-refractivity contribution < 1.29 is 37.7 Å². The Bertz CT molecular complexity index is 1200. The number of hydrogen-bond donors (Lipinski definition) is 1. The Morgan fingerprint density at radius 2 is 1.95 bits per heavy atom. The number of esters is 2. The van der Waals surface area contributed by atoms with E-state index in [9.17, 15) is 14.4 Å². The number of aromatic nitrogens is 1. The van der Waals surface area contributed by atoms with E-state index in [1.165, 1.54) is 13.2 Å². The van der Waals surface area contributed by atoms with Crippen molar-refractivity contribution in [1.82, 2.24) is 10.3 Å². The highest BCUT2D eigenvalue weighted by Gasteiger charge is 2.32. The second kappa shape index (κ2) is 18.3. The predicted octanol–water partition coefficient (Wildman–Crippen LogP) is 5.44. The number of carbonyl (C=O) groups is 3. The van der Waals surface area contributed by atoms with Gasteiger partial charge < -0.3 is 28.7 Å². The Labute approximate surface area is 246 Å². The molecular weight excluding hydrogens is 540 g/mol. The standard InChI is InChI=1S/C32H40N2O8/c1-3-4-19-39-31(36)22-28-21-27(20-26(41-28)17-16-24-11-6-5-7-12-24)42-30(35)15-9-8-13-25-23-40-29(34-25)14-10-18-33-32(37)38-2/h5-7,9-12,14-17,23,26-28H,3-4,8,13,18-22H2,1-2H3,(H,33,37)/b14-10-,15-9-,17-16+/t26-,27-,28-/m1/s1. The number of alkyl carbamates (subject to hydrolysis) is 1. The van der Waals surface area contributed by atoms with Crippen molar-refractivity contribution in [2.75, 3.05) is 20.3 Å². The summed E-state index contributed by atoms with van der Waals surface area (Å²) in [7, 11) is 1.30. The van der Waals surface area contributed by atoms with Gasteiger partial charge in [-0.05, 0) is 30.9 Å². The van der Waals surface area contributed by atoms with Gasteiger partial charge in [0.15, 0.2) is 0 Å². The van der Waals surface area contributed by atoms with Crippen LogP contribution in [0.15, 0.2) is 65.3 Å². The van der Waals surface area contributed by atoms with Crippen LogP contribution >= 0.6 is 0 Å². The van der Waals surface area contributed by atoms with Crippen molar-refractivity contribution in [2.45, 2.75) is 70.2 Å². The van der Waals surface area contributed by atoms with E-state index in [4.69, 9.17) is 18.6 Å². The van der Waals surface area contributed by atoms with Crippen LogP contribution < -0.4 is 5.32 Å². The van der Waals surface area contributed by atoms with Crippen molar-refractivity contribution >= 4 is 30.2 Å². The number of benzene rings is 1. The van der Waals surface area contributed by atoms with Crippen LogP contribution in [0.2, 0.25) is 0 Å². The zero-order chi connectivity index (χ0) is 30.0. The average Bonchev–Trinajstić information content (AvgIpc) is 3.44. The first-order valence-corrected chi connectivity index (χ1v) is 14.3. The van der Waals surface area contributed by atoms with E-state index in [2.05, 4.69) is 15.0 Å². The quantitative estimate of drug-likeness (QED) is 0.127. The summed E-state index contributed by atoms with van der Waals surface area (Å²) in [5.74, 6) is -0.339. The van der Waals surface area contributed by atoms with Gasteiger partial charge >= 0.3 is 18.0 Å². The van der Waals surface area contributed by atoms with Crippen molar-refractivity contribution in [3.8, 4) is 0 Å². The molecular formula is C32H40N2O8. The molecule has 10 nitrogen and oxygen atoms in total. The average molecular weight is 581 g/mol. The first-order chi connectivity index (χ1) is 20.4. The molecule has 1 aliphatic heterocycles. The molecule has 0 spiro atoms. The molecule has 1 saturated heterocycles. The smallest absolute Gasteiger partial charge is 0.407 e. The molecule has 1 fully saturated rings. The lowest BCUT2D eigenvalue weighted by Crippen LogP contribution is -2.38. The van der Waals surface area contributed by atoms with Crippen molar-refractivity contribution in [3.05, 3.63) is 78.0 Å². The fourth-order valence-electron chi connectivity index (χ4n) is 4.22. The van der Waals surface area contributed by atoms with E-state index in [1.54, 1.807) is 24.5 Å². The summed E-state index contributed by atoms with van der Waals surface area (Å²) >= 11 is 0. The summed E-state index contributed by atoms with van der Waals surface area (Å²) < 4.78 is 27.1. The van der Waals surface area contributed by atoms with E-state index in [-0.39, 0.29) is 25.0 Å². The molecule has 1 aromatic heterocycles. The van der Waals surface area contributed by atoms with Crippen LogP contribution in [-0.4, -0.2) is 61.6 Å². The number of ether oxygens (including phenoxy) is 4. The Kier molecular flexibility index (Phi) is 14.1. The van der Waals surface area contributed by atoms with Crippen LogP contribution in [0.1, 0.15) is 62.6 Å². The molecule has 1 amide bonds. The molecule has 226 valence electrons. The Morgan fingerprint density at radius 3 is 2.74 bits per heavy atom. The highest BCUT2D eigenvalue weighted by atomic mass is 16.6. The van der Waals surface area contributed by atoms with Gasteiger partial charge in [0.1, 0.15) is 12.4 Å². The zero-order valence-corrected chi connectivity index (χ0v) is 24.2. The van der Waals surface area contributed by atoms with E-state index >= 15 is 0 Å². The fraction of sp³-hybridized carbons (Fsp3) is 0.438. The number of rotatable bonds is 15. The van der Waals surface area contributed by atoms with Gasteiger partial charge in [0.25, 0.3) is 0 Å². The molecule has 1 aliphatic rings. The van der Waals surface area contributed by atoms with E-state index < -0.39 is 24.3 Å². The minimum atomic E-state index is -0.517. The molecule has 2 aromatic rings. The highest BCUT2D eigenvalue weighted by Crippen LogP contribution is 2.26. The molecule has 0 saturated carbocycles. The van der Waals surface area contributed by atoms with Crippen LogP contribution in [0.5, 0.6) is 0 Å². The molecule has 3 rings (SSSR count). The molecule has 0 bridgehead atoms. The van der Waals surface area contributed by atoms with Crippen molar-refractivity contribution in [2.24, 2.45) is 0 Å². The van der Waals surface area contributed by atoms with E-state index in [0.29, 0.717) is 38.2 Å². The lowest BCUT2D eigenvalue weighted by Gasteiger charge is -2.33. The number of unbranched alkanes of at least 4 members (excludes halogenated alkanes) is 1. The fourth-order valence-corrected chi connectivity index (χ4v) is 4.22. The minimum absolute atomic E-state index is 0.111. The number of oxazole rings is 1. The van der Waals surface area contributed by atoms with E-state index in [1.807, 2.05) is 49.4 Å². The Hall–Kier alpha value is -4.18. The Morgan fingerprint density at radius 1 is 1.12 bits per heavy atom. The minimum Gasteiger partial charge on any atom is -0.466 e. The maximum Gasteiger partial charge on any atom is 0.407 e. The molecule has 3 atom stereocenters. The summed E-state index contributed by atoms with van der Waals surface area (Å²) in [6.07, 6.45) is 14.3. The number of carbonyl (C=O) groups excluding carboxylic acids is 3. The molecule has 2 heterocycles. The number of amides is 1. The number of hydrogen-bond acceptors (Lipinski definition) is 9. The molecule has 0 radical (unpaired) electrons. The molecule has 1 aromatic carbocycles. The largest absolute Gasteiger partial charge is 0.466 e. The Balaban J connectivity index is 1.48. The number of methoxy groups -OCH3 is 1. The van der Waals surface area contributed by atoms with Gasteiger partial charge in [0, 0.05) is 25.5 Å². The number of allylic oxidation sites excluding steroid dienone is 1. The number of nitrogens with one attached hydrogen (secondary N) is 1. The van der Waals surface area contributed by atoms with Gasteiger partial charge in [-0.25, -0.2) is 14.6 Å². The van der Waals surface area contributed by atoms with Crippen LogP contribution in [0.4, 0.5) is 4.79 Å². The van der Waals surface area contributed by atoms with Gasteiger partial charge in [0.05, 0.1) is 38.0 Å². The van der Waals surface area contributed by atoms with Gasteiger partial charge in [-0.15, -0.1) is 0 Å². The normalized spacial score (nSPS) is 18.9. The lowest BCUT2D eigenvalue weighted by molar-refractivity contribution is -0.159. The van der Waals surface area contributed by atoms with Crippen LogP contribution in [0, 0.1) is 0 Å². The summed E-state index contributed by atoms with van der Waals surface area (Å²) in [5, 5.41) is 2.52. The van der Waals surface area contributed by atoms with Crippen LogP contribution in [-0.2, 0) is 35.0 Å². The molecule has 10 heteroatoms. The third-order valence-electron chi connectivity index (χ3n) is 6.33. The highest BCUT2D eigenvalue weighted by molar-refractivity contribution is 5.82. The van der Waals surface area contributed by atoms with Gasteiger partial charge in [-0.3, -0.25) is 4.79 Å². The van der Waals surface area contributed by atoms with Gasteiger partial charge in [-0.2, -0.15) is 0 Å². The SMILES string of the molecule is CCCCOC(=O)C[C@H]1C[C@H](OC(=O)/C=C\CCc2coc(/C=C\CNC(=O)OC)n2)C[C@@H](/C=C/c2ccccc2)O1. The van der Waals surface area contributed by atoms with Crippen LogP contribution in [0.25, 0.3) is 12.2 Å². The molecule has 1 N–H and O–H groups in total. The second-order valence-corrected chi connectivity index (χ2v) is 9.77. The molecule has 0 aliphatic carbocycles. The van der Waals surface area contributed by atoms with E-state index in [0.717, 1.165) is 24.1 Å². The topological polar surface area (TPSA) is 126 Å². The van der Waals surface area contributed by atoms with Crippen LogP contribution in [0.3, 0.4) is 0 Å². The molecule has 0 unspecified atom stereocenters. The van der Waals surface area contributed by atoms with Crippen molar-refractivity contribution in [1.29, 1.82) is 0 Å². The predicted molar refractivity (Wildman–Crippen MR) is 157 cm³/mol. The summed E-state index contributed by atoms with van der Waals surface area (Å²) in [4.78, 5) is 40.3. The maximum atomic E-state index is 12.6. The third kappa shape index (κ3) is 12.6. The second-order valence-electron chi connectivity index (χ2n) is 9.77. The lowest BCUT2D eigenvalue weighted by atomic mass is 9.98. The first kappa shape index (κ1) is 32.3. The third-order valence-corrected chi connectivity index (χ3v) is 6.33. The monoisotopic (exact) mass is 580 g/mol. The summed E-state index contributed by atoms with van der Waals surface area (Å²) in [6, 6.07) is 9.85. The van der Waals surface area contributed by atoms with Crippen molar-refractivity contribution in [3.63, 3.8) is 0 Å². The zero-order valence-electron chi connectivity index (χ0n) is 24.2. The maximum absolute atomic E-state index is 12.6. The molecule has 42 heavy (non-hydrogen) atoms. The summed E-state index contributed by atoms with van der Waals surface area (Å²) in [6.45, 7) is 2.72. The number of nitrogens with zero attached hydrogens (tertiary/aromatic N) is 1. The summed E-state index contributed by atoms with van der Waals surface area (Å²) in [5.41, 5.74) is 1.77. The number of aryl methyl sites for hydroxylation is 1. The van der Waals surface area contributed by atoms with Gasteiger partial charge in [-0.1, -0.05) is 68.0 Å². The first-order valence-electron chi connectivity index (χ1n) is 14.3.